The van der Waals surface area contributed by atoms with E-state index in [2.05, 4.69) is 5.32 Å². The normalized spacial score (nSPS) is 14.1. The number of methoxy groups -OCH3 is 1. The number of benzene rings is 2. The van der Waals surface area contributed by atoms with Crippen molar-refractivity contribution in [2.45, 2.75) is 64.7 Å². The lowest BCUT2D eigenvalue weighted by Gasteiger charge is -2.25. The van der Waals surface area contributed by atoms with E-state index in [1.807, 2.05) is 63.3 Å². The number of aliphatic carboxylic acids is 1. The molecule has 0 aromatic heterocycles. The molecule has 0 fully saturated rings. The number of carbonyl (C=O) groups is 4. The van der Waals surface area contributed by atoms with Crippen molar-refractivity contribution in [3.05, 3.63) is 84.0 Å². The second-order valence-electron chi connectivity index (χ2n) is 10.8. The van der Waals surface area contributed by atoms with Gasteiger partial charge in [0.15, 0.2) is 6.10 Å². The minimum atomic E-state index is -1.17. The van der Waals surface area contributed by atoms with Crippen LogP contribution in [-0.2, 0) is 35.1 Å². The Morgan fingerprint density at radius 3 is 2.25 bits per heavy atom. The van der Waals surface area contributed by atoms with E-state index in [-0.39, 0.29) is 44.1 Å². The summed E-state index contributed by atoms with van der Waals surface area (Å²) in [6.45, 7) is 5.78. The quantitative estimate of drug-likeness (QED) is 0.166. The molecule has 2 aromatic carbocycles. The summed E-state index contributed by atoms with van der Waals surface area (Å²) >= 11 is 0. The third kappa shape index (κ3) is 13.2. The molecule has 0 aliphatic heterocycles. The first-order valence-electron chi connectivity index (χ1n) is 14.7. The van der Waals surface area contributed by atoms with Gasteiger partial charge >= 0.3 is 17.9 Å². The fourth-order valence-corrected chi connectivity index (χ4v) is 4.23. The molecule has 10 nitrogen and oxygen atoms in total. The van der Waals surface area contributed by atoms with Gasteiger partial charge in [-0.2, -0.15) is 0 Å². The molecule has 4 N–H and O–H groups in total. The lowest BCUT2D eigenvalue weighted by Crippen LogP contribution is -2.41. The van der Waals surface area contributed by atoms with E-state index in [9.17, 15) is 24.3 Å². The molecule has 0 spiro atoms. The van der Waals surface area contributed by atoms with Crippen LogP contribution < -0.4 is 15.8 Å². The average Bonchev–Trinajstić information content (AvgIpc) is 2.99. The minimum absolute atomic E-state index is 0.0187. The molecule has 0 bridgehead atoms. The van der Waals surface area contributed by atoms with Gasteiger partial charge in [-0.05, 0) is 41.7 Å². The van der Waals surface area contributed by atoms with Crippen LogP contribution in [0.15, 0.2) is 72.8 Å². The molecule has 4 atom stereocenters. The molecule has 0 saturated heterocycles. The van der Waals surface area contributed by atoms with Gasteiger partial charge in [0.2, 0.25) is 5.91 Å². The van der Waals surface area contributed by atoms with E-state index in [0.29, 0.717) is 5.75 Å². The summed E-state index contributed by atoms with van der Waals surface area (Å²) in [7, 11) is 1.54. The van der Waals surface area contributed by atoms with Gasteiger partial charge in [0.05, 0.1) is 13.5 Å². The molecule has 10 heteroatoms. The maximum absolute atomic E-state index is 13.2. The van der Waals surface area contributed by atoms with Crippen molar-refractivity contribution in [1.82, 2.24) is 5.32 Å². The van der Waals surface area contributed by atoms with E-state index in [0.717, 1.165) is 11.1 Å². The number of carboxylic acid groups (broad SMARTS) is 1. The molecule has 0 unspecified atom stereocenters. The third-order valence-corrected chi connectivity index (χ3v) is 6.67. The van der Waals surface area contributed by atoms with E-state index in [4.69, 9.17) is 19.9 Å². The first-order valence-corrected chi connectivity index (χ1v) is 14.7. The standard InChI is InChI=1S/C34H44N2O8/c1-23(2)21-30(43-32(38)19-20-35)34(41)44-29(24(3)13-14-25-9-6-5-7-10-25)11-8-12-31(37)36-28(33(39)40)22-26-15-17-27(42-4)18-16-26/h5-10,12-18,23-24,28-30H,11,19-22,35H2,1-4H3,(H,36,37)(H,39,40)/b12-8+,14-13+/t24-,28-,29+,30+/m1/s1. The summed E-state index contributed by atoms with van der Waals surface area (Å²) in [4.78, 5) is 49.8. The first kappa shape index (κ1) is 35.8. The van der Waals surface area contributed by atoms with Crippen molar-refractivity contribution in [3.8, 4) is 5.75 Å². The Balaban J connectivity index is 2.16. The Kier molecular flexibility index (Phi) is 15.4. The fourth-order valence-electron chi connectivity index (χ4n) is 4.23. The molecular formula is C34H44N2O8. The van der Waals surface area contributed by atoms with Crippen LogP contribution in [0.25, 0.3) is 6.08 Å². The molecule has 0 heterocycles. The third-order valence-electron chi connectivity index (χ3n) is 6.67. The van der Waals surface area contributed by atoms with Crippen LogP contribution >= 0.6 is 0 Å². The van der Waals surface area contributed by atoms with Crippen LogP contribution in [0.4, 0.5) is 0 Å². The van der Waals surface area contributed by atoms with Crippen molar-refractivity contribution < 1.29 is 38.5 Å². The van der Waals surface area contributed by atoms with Crippen LogP contribution in [0, 0.1) is 11.8 Å². The number of esters is 2. The topological polar surface area (TPSA) is 154 Å². The summed E-state index contributed by atoms with van der Waals surface area (Å²) in [5.41, 5.74) is 7.14. The van der Waals surface area contributed by atoms with E-state index in [1.165, 1.54) is 19.3 Å². The summed E-state index contributed by atoms with van der Waals surface area (Å²) in [6, 6.07) is 15.4. The van der Waals surface area contributed by atoms with Gasteiger partial charge in [-0.15, -0.1) is 0 Å². The summed E-state index contributed by atoms with van der Waals surface area (Å²) in [5.74, 6) is -2.63. The van der Waals surface area contributed by atoms with Gasteiger partial charge in [-0.3, -0.25) is 9.59 Å². The lowest BCUT2D eigenvalue weighted by atomic mass is 9.99. The summed E-state index contributed by atoms with van der Waals surface area (Å²) < 4.78 is 16.4. The molecule has 44 heavy (non-hydrogen) atoms. The van der Waals surface area contributed by atoms with Crippen molar-refractivity contribution in [2.24, 2.45) is 17.6 Å². The first-order chi connectivity index (χ1) is 21.0. The Morgan fingerprint density at radius 2 is 1.66 bits per heavy atom. The smallest absolute Gasteiger partial charge is 0.347 e. The zero-order valence-electron chi connectivity index (χ0n) is 25.8. The number of carboxylic acids is 1. The number of carbonyl (C=O) groups excluding carboxylic acids is 3. The van der Waals surface area contributed by atoms with Crippen LogP contribution in [0.5, 0.6) is 5.75 Å². The van der Waals surface area contributed by atoms with Gasteiger partial charge in [0.1, 0.15) is 17.9 Å². The highest BCUT2D eigenvalue weighted by Crippen LogP contribution is 2.20. The number of ether oxygens (including phenoxy) is 3. The number of rotatable bonds is 18. The summed E-state index contributed by atoms with van der Waals surface area (Å²) in [5, 5.41) is 12.2. The SMILES string of the molecule is COc1ccc(C[C@@H](NC(=O)/C=C/C[C@H](OC(=O)[C@H](CC(C)C)OC(=O)CCN)[C@H](C)/C=C/c2ccccc2)C(=O)O)cc1. The second-order valence-corrected chi connectivity index (χ2v) is 10.8. The average molecular weight is 609 g/mol. The van der Waals surface area contributed by atoms with E-state index < -0.39 is 42.1 Å². The fraction of sp³-hybridized carbons (Fsp3) is 0.412. The second kappa shape index (κ2) is 19.0. The number of hydrogen-bond donors (Lipinski definition) is 3. The highest BCUT2D eigenvalue weighted by atomic mass is 16.6. The number of nitrogens with one attached hydrogen (secondary N) is 1. The zero-order chi connectivity index (χ0) is 32.5. The van der Waals surface area contributed by atoms with Crippen molar-refractivity contribution in [1.29, 1.82) is 0 Å². The van der Waals surface area contributed by atoms with Gasteiger partial charge in [0, 0.05) is 25.3 Å². The Morgan fingerprint density at radius 1 is 0.977 bits per heavy atom. The van der Waals surface area contributed by atoms with Crippen LogP contribution in [-0.4, -0.2) is 60.8 Å². The molecule has 0 saturated carbocycles. The molecule has 0 aliphatic carbocycles. The lowest BCUT2D eigenvalue weighted by molar-refractivity contribution is -0.173. The van der Waals surface area contributed by atoms with Crippen LogP contribution in [0.2, 0.25) is 0 Å². The van der Waals surface area contributed by atoms with Crippen molar-refractivity contribution in [2.75, 3.05) is 13.7 Å². The number of amides is 1. The molecule has 2 rings (SSSR count). The monoisotopic (exact) mass is 608 g/mol. The molecule has 2 aromatic rings. The molecular weight excluding hydrogens is 564 g/mol. The van der Waals surface area contributed by atoms with Crippen LogP contribution in [0.3, 0.4) is 0 Å². The van der Waals surface area contributed by atoms with Gasteiger partial charge in [-0.25, -0.2) is 9.59 Å². The predicted molar refractivity (Wildman–Crippen MR) is 168 cm³/mol. The minimum Gasteiger partial charge on any atom is -0.497 e. The van der Waals surface area contributed by atoms with Gasteiger partial charge in [-0.1, -0.05) is 81.5 Å². The Hall–Kier alpha value is -4.44. The predicted octanol–water partition coefficient (Wildman–Crippen LogP) is 4.32. The number of nitrogens with two attached hydrogens (primary N) is 1. The highest BCUT2D eigenvalue weighted by Gasteiger charge is 2.29. The molecule has 1 amide bonds. The van der Waals surface area contributed by atoms with Crippen molar-refractivity contribution >= 4 is 29.9 Å². The number of hydrogen-bond acceptors (Lipinski definition) is 8. The maximum Gasteiger partial charge on any atom is 0.347 e. The molecule has 0 aliphatic rings. The highest BCUT2D eigenvalue weighted by molar-refractivity contribution is 5.91. The van der Waals surface area contributed by atoms with E-state index in [1.54, 1.807) is 24.3 Å². The zero-order valence-corrected chi connectivity index (χ0v) is 25.8. The summed E-state index contributed by atoms with van der Waals surface area (Å²) in [6.07, 6.45) is 5.26. The molecule has 238 valence electrons. The van der Waals surface area contributed by atoms with Gasteiger partial charge < -0.3 is 30.4 Å². The van der Waals surface area contributed by atoms with Crippen LogP contribution in [0.1, 0.15) is 51.2 Å². The Labute approximate surface area is 259 Å². The Bertz CT molecular complexity index is 1260. The largest absolute Gasteiger partial charge is 0.497 e. The van der Waals surface area contributed by atoms with Crippen molar-refractivity contribution in [3.63, 3.8) is 0 Å². The molecule has 0 radical (unpaired) electrons. The van der Waals surface area contributed by atoms with Gasteiger partial charge in [0.25, 0.3) is 0 Å². The van der Waals surface area contributed by atoms with E-state index >= 15 is 0 Å². The maximum atomic E-state index is 13.2.